The van der Waals surface area contributed by atoms with Crippen LogP contribution in [0.25, 0.3) is 10.8 Å². The smallest absolute Gasteiger partial charge is 0.252 e. The Labute approximate surface area is 166 Å². The van der Waals surface area contributed by atoms with Crippen LogP contribution in [0.3, 0.4) is 0 Å². The maximum absolute atomic E-state index is 12.9. The third-order valence-corrected chi connectivity index (χ3v) is 6.77. The highest BCUT2D eigenvalue weighted by Crippen LogP contribution is 2.30. The summed E-state index contributed by atoms with van der Waals surface area (Å²) in [7, 11) is 0. The molecule has 2 aromatic carbocycles. The average Bonchev–Trinajstić information content (AvgIpc) is 2.73. The van der Waals surface area contributed by atoms with Gasteiger partial charge in [0, 0.05) is 22.5 Å². The van der Waals surface area contributed by atoms with E-state index in [-0.39, 0.29) is 5.91 Å². The van der Waals surface area contributed by atoms with Crippen molar-refractivity contribution in [1.82, 2.24) is 15.4 Å². The minimum Gasteiger partial charge on any atom is -0.349 e. The minimum atomic E-state index is 0.0703. The van der Waals surface area contributed by atoms with E-state index in [0.29, 0.717) is 12.1 Å². The fourth-order valence-electron chi connectivity index (χ4n) is 4.16. The van der Waals surface area contributed by atoms with E-state index in [4.69, 9.17) is 0 Å². The van der Waals surface area contributed by atoms with E-state index in [2.05, 4.69) is 39.6 Å². The topological polar surface area (TPSA) is 53.2 Å². The first-order valence-corrected chi connectivity index (χ1v) is 11.1. The predicted molar refractivity (Wildman–Crippen MR) is 113 cm³/mol. The Morgan fingerprint density at radius 1 is 0.889 bits per heavy atom. The second-order valence-electron chi connectivity index (χ2n) is 7.71. The molecule has 144 valence electrons. The van der Waals surface area contributed by atoms with Crippen LogP contribution < -0.4 is 15.4 Å². The van der Waals surface area contributed by atoms with Gasteiger partial charge >= 0.3 is 0 Å². The first-order valence-electron chi connectivity index (χ1n) is 10.3. The molecule has 0 radical (unpaired) electrons. The van der Waals surface area contributed by atoms with E-state index in [1.807, 2.05) is 12.1 Å². The van der Waals surface area contributed by atoms with Crippen molar-refractivity contribution in [1.29, 1.82) is 0 Å². The molecule has 2 aromatic rings. The van der Waals surface area contributed by atoms with E-state index < -0.39 is 0 Å². The number of amides is 1. The van der Waals surface area contributed by atoms with Crippen molar-refractivity contribution in [2.24, 2.45) is 0 Å². The molecule has 3 N–H and O–H groups in total. The number of fused-ring (bicyclic) bond motifs is 1. The monoisotopic (exact) mass is 383 g/mol. The first-order chi connectivity index (χ1) is 13.3. The molecule has 1 saturated carbocycles. The molecule has 2 fully saturated rings. The Balaban J connectivity index is 1.51. The molecule has 0 atom stereocenters. The van der Waals surface area contributed by atoms with Gasteiger partial charge < -0.3 is 10.6 Å². The van der Waals surface area contributed by atoms with Crippen molar-refractivity contribution in [2.45, 2.75) is 61.9 Å². The lowest BCUT2D eigenvalue weighted by molar-refractivity contribution is 0.0929. The summed E-state index contributed by atoms with van der Waals surface area (Å²) in [4.78, 5) is 14.1. The van der Waals surface area contributed by atoms with Crippen molar-refractivity contribution in [3.8, 4) is 0 Å². The summed E-state index contributed by atoms with van der Waals surface area (Å²) in [5.41, 5.74) is 0.794. The molecule has 5 heteroatoms. The van der Waals surface area contributed by atoms with Crippen molar-refractivity contribution in [3.63, 3.8) is 0 Å². The van der Waals surface area contributed by atoms with Crippen molar-refractivity contribution in [2.75, 3.05) is 13.1 Å². The fourth-order valence-corrected chi connectivity index (χ4v) is 5.11. The van der Waals surface area contributed by atoms with Gasteiger partial charge in [-0.1, -0.05) is 43.5 Å². The molecule has 1 aliphatic carbocycles. The van der Waals surface area contributed by atoms with Crippen LogP contribution in [0.2, 0.25) is 0 Å². The maximum atomic E-state index is 12.9. The standard InChI is InChI=1S/C22H29N3OS/c26-22(24-16-6-2-1-3-7-16)20-10-11-21(19-9-5-4-8-18(19)20)27-25-17-12-14-23-15-13-17/h4-5,8-11,16-17,23,25H,1-3,6-7,12-15H2,(H,24,26). The lowest BCUT2D eigenvalue weighted by Crippen LogP contribution is -2.37. The molecule has 0 aromatic heterocycles. The van der Waals surface area contributed by atoms with Gasteiger partial charge in [-0.3, -0.25) is 9.52 Å². The zero-order valence-electron chi connectivity index (χ0n) is 15.8. The Morgan fingerprint density at radius 3 is 2.41 bits per heavy atom. The van der Waals surface area contributed by atoms with Gasteiger partial charge in [0.05, 0.1) is 0 Å². The number of carbonyl (C=O) groups is 1. The third kappa shape index (κ3) is 4.65. The SMILES string of the molecule is O=C(NC1CCCCC1)c1ccc(SNC2CCNCC2)c2ccccc12. The lowest BCUT2D eigenvalue weighted by atomic mass is 9.95. The molecule has 0 bridgehead atoms. The van der Waals surface area contributed by atoms with Crippen molar-refractivity contribution in [3.05, 3.63) is 42.0 Å². The van der Waals surface area contributed by atoms with Gasteiger partial charge in [0.1, 0.15) is 0 Å². The van der Waals surface area contributed by atoms with Gasteiger partial charge in [0.25, 0.3) is 5.91 Å². The van der Waals surface area contributed by atoms with Crippen molar-refractivity contribution < 1.29 is 4.79 Å². The Bertz CT molecular complexity index is 782. The van der Waals surface area contributed by atoms with Gasteiger partial charge in [0.2, 0.25) is 0 Å². The number of piperidine rings is 1. The molecule has 1 heterocycles. The summed E-state index contributed by atoms with van der Waals surface area (Å²) in [6.07, 6.45) is 8.29. The highest BCUT2D eigenvalue weighted by molar-refractivity contribution is 7.97. The van der Waals surface area contributed by atoms with E-state index in [0.717, 1.165) is 55.1 Å². The molecule has 0 unspecified atom stereocenters. The number of hydrogen-bond donors (Lipinski definition) is 3. The molecule has 1 saturated heterocycles. The largest absolute Gasteiger partial charge is 0.349 e. The van der Waals surface area contributed by atoms with Crippen LogP contribution in [0.15, 0.2) is 41.3 Å². The summed E-state index contributed by atoms with van der Waals surface area (Å²) in [5.74, 6) is 0.0703. The zero-order chi connectivity index (χ0) is 18.5. The van der Waals surface area contributed by atoms with Crippen LogP contribution in [0.1, 0.15) is 55.3 Å². The summed E-state index contributed by atoms with van der Waals surface area (Å²) in [5, 5.41) is 8.86. The normalized spacial score (nSPS) is 19.3. The van der Waals surface area contributed by atoms with Gasteiger partial charge in [-0.15, -0.1) is 0 Å². The van der Waals surface area contributed by atoms with Crippen molar-refractivity contribution >= 4 is 28.6 Å². The van der Waals surface area contributed by atoms with Gasteiger partial charge in [0.15, 0.2) is 0 Å². The molecule has 1 amide bonds. The Hall–Kier alpha value is -1.56. The van der Waals surface area contributed by atoms with Gasteiger partial charge in [-0.25, -0.2) is 0 Å². The second kappa shape index (κ2) is 9.09. The number of benzene rings is 2. The summed E-state index contributed by atoms with van der Waals surface area (Å²) < 4.78 is 3.62. The molecular weight excluding hydrogens is 354 g/mol. The molecule has 4 nitrogen and oxygen atoms in total. The molecular formula is C22H29N3OS. The summed E-state index contributed by atoms with van der Waals surface area (Å²) >= 11 is 1.70. The summed E-state index contributed by atoms with van der Waals surface area (Å²) in [6.45, 7) is 2.17. The number of hydrogen-bond acceptors (Lipinski definition) is 4. The Kier molecular flexibility index (Phi) is 6.32. The van der Waals surface area contributed by atoms with Crippen LogP contribution in [-0.2, 0) is 0 Å². The lowest BCUT2D eigenvalue weighted by Gasteiger charge is -2.24. The van der Waals surface area contributed by atoms with Crippen LogP contribution in [0.4, 0.5) is 0 Å². The molecule has 0 spiro atoms. The maximum Gasteiger partial charge on any atom is 0.252 e. The van der Waals surface area contributed by atoms with Crippen LogP contribution in [0.5, 0.6) is 0 Å². The number of carbonyl (C=O) groups excluding carboxylic acids is 1. The fraction of sp³-hybridized carbons (Fsp3) is 0.500. The van der Waals surface area contributed by atoms with E-state index >= 15 is 0 Å². The van der Waals surface area contributed by atoms with Crippen LogP contribution in [-0.4, -0.2) is 31.1 Å². The summed E-state index contributed by atoms with van der Waals surface area (Å²) in [6, 6.07) is 13.2. The minimum absolute atomic E-state index is 0.0703. The quantitative estimate of drug-likeness (QED) is 0.676. The number of nitrogens with one attached hydrogen (secondary N) is 3. The van der Waals surface area contributed by atoms with Crippen LogP contribution >= 0.6 is 11.9 Å². The molecule has 27 heavy (non-hydrogen) atoms. The van der Waals surface area contributed by atoms with Gasteiger partial charge in [-0.05, 0) is 73.6 Å². The van der Waals surface area contributed by atoms with Crippen LogP contribution in [0, 0.1) is 0 Å². The molecule has 2 aliphatic rings. The highest BCUT2D eigenvalue weighted by atomic mass is 32.2. The zero-order valence-corrected chi connectivity index (χ0v) is 16.6. The van der Waals surface area contributed by atoms with E-state index in [1.165, 1.54) is 24.2 Å². The first kappa shape index (κ1) is 18.8. The molecule has 4 rings (SSSR count). The second-order valence-corrected chi connectivity index (χ2v) is 8.59. The highest BCUT2D eigenvalue weighted by Gasteiger charge is 2.19. The molecule has 1 aliphatic heterocycles. The van der Waals surface area contributed by atoms with Gasteiger partial charge in [-0.2, -0.15) is 0 Å². The predicted octanol–water partition coefficient (Wildman–Crippen LogP) is 4.25. The average molecular weight is 384 g/mol. The van der Waals surface area contributed by atoms with E-state index in [1.54, 1.807) is 11.9 Å². The third-order valence-electron chi connectivity index (χ3n) is 5.74. The van der Waals surface area contributed by atoms with E-state index in [9.17, 15) is 4.79 Å². The number of rotatable bonds is 5. The Morgan fingerprint density at radius 2 is 1.63 bits per heavy atom.